The third-order valence-corrected chi connectivity index (χ3v) is 4.35. The van der Waals surface area contributed by atoms with Crippen molar-refractivity contribution < 1.29 is 4.74 Å². The minimum atomic E-state index is 0.285. The Labute approximate surface area is 110 Å². The van der Waals surface area contributed by atoms with Crippen LogP contribution in [0.15, 0.2) is 10.8 Å². The highest BCUT2D eigenvalue weighted by Crippen LogP contribution is 2.38. The van der Waals surface area contributed by atoms with Crippen LogP contribution in [-0.4, -0.2) is 40.1 Å². The molecule has 1 aromatic rings. The summed E-state index contributed by atoms with van der Waals surface area (Å²) < 4.78 is 6.79. The van der Waals surface area contributed by atoms with Crippen molar-refractivity contribution in [2.24, 2.45) is 0 Å². The quantitative estimate of drug-likeness (QED) is 0.838. The maximum absolute atomic E-state index is 6.03. The fourth-order valence-electron chi connectivity index (χ4n) is 3.03. The van der Waals surface area contributed by atoms with Gasteiger partial charge in [-0.3, -0.25) is 4.90 Å². The normalized spacial score (nSPS) is 32.1. The Morgan fingerprint density at radius 2 is 2.29 bits per heavy atom. The number of aryl methyl sites for hydroxylation is 1. The average molecular weight is 298 g/mol. The maximum atomic E-state index is 6.03. The number of aromatic nitrogens is 2. The van der Waals surface area contributed by atoms with Crippen LogP contribution in [0.4, 0.5) is 0 Å². The first-order valence-electron chi connectivity index (χ1n) is 6.03. The number of hydrogen-bond acceptors (Lipinski definition) is 4. The molecule has 0 N–H and O–H groups in total. The van der Waals surface area contributed by atoms with Gasteiger partial charge in [0.05, 0.1) is 6.20 Å². The number of fused-ring (bicyclic) bond motifs is 2. The Balaban J connectivity index is 1.76. The van der Waals surface area contributed by atoms with E-state index in [9.17, 15) is 0 Å². The predicted octanol–water partition coefficient (Wildman–Crippen LogP) is 2.16. The van der Waals surface area contributed by atoms with Crippen molar-refractivity contribution >= 4 is 15.9 Å². The summed E-state index contributed by atoms with van der Waals surface area (Å²) >= 11 is 3.31. The van der Waals surface area contributed by atoms with E-state index in [0.717, 1.165) is 16.7 Å². The zero-order valence-corrected chi connectivity index (χ0v) is 11.6. The fraction of sp³-hybridized carbons (Fsp3) is 0.667. The van der Waals surface area contributed by atoms with Gasteiger partial charge in [0.25, 0.3) is 0 Å². The number of nitrogens with zero attached hydrogens (tertiary/aromatic N) is 3. The zero-order valence-electron chi connectivity index (χ0n) is 10.1. The molecule has 0 amide bonds. The molecule has 0 saturated carbocycles. The van der Waals surface area contributed by atoms with Gasteiger partial charge in [-0.15, -0.1) is 0 Å². The Bertz CT molecular complexity index is 440. The van der Waals surface area contributed by atoms with Crippen LogP contribution in [0.2, 0.25) is 0 Å². The third-order valence-electron chi connectivity index (χ3n) is 3.96. The lowest BCUT2D eigenvalue weighted by atomic mass is 9.98. The fourth-order valence-corrected chi connectivity index (χ4v) is 3.40. The van der Waals surface area contributed by atoms with Gasteiger partial charge in [0, 0.05) is 18.5 Å². The monoisotopic (exact) mass is 297 g/mol. The molecule has 2 bridgehead atoms. The highest BCUT2D eigenvalue weighted by molar-refractivity contribution is 9.10. The Morgan fingerprint density at radius 3 is 2.88 bits per heavy atom. The summed E-state index contributed by atoms with van der Waals surface area (Å²) in [6.45, 7) is 1.93. The molecule has 0 aromatic carbocycles. The molecule has 0 radical (unpaired) electrons. The molecule has 2 fully saturated rings. The minimum Gasteiger partial charge on any atom is -0.471 e. The number of likely N-dealkylation sites (N-methyl/N-ethyl adjacent to an activating group) is 1. The second-order valence-corrected chi connectivity index (χ2v) is 5.75. The summed E-state index contributed by atoms with van der Waals surface area (Å²) in [6, 6.07) is 1.26. The van der Waals surface area contributed by atoms with E-state index < -0.39 is 0 Å². The van der Waals surface area contributed by atoms with Gasteiger partial charge in [0.15, 0.2) is 0 Å². The molecule has 0 spiro atoms. The SMILES string of the molecule is Cc1nc(Br)cnc1OC1CC2CCC1N2C. The molecule has 17 heavy (non-hydrogen) atoms. The Morgan fingerprint density at radius 1 is 1.47 bits per heavy atom. The minimum absolute atomic E-state index is 0.285. The molecule has 3 unspecified atom stereocenters. The van der Waals surface area contributed by atoms with Crippen LogP contribution in [0.1, 0.15) is 25.0 Å². The molecule has 3 atom stereocenters. The highest BCUT2D eigenvalue weighted by Gasteiger charge is 2.45. The summed E-state index contributed by atoms with van der Waals surface area (Å²) in [5, 5.41) is 0. The highest BCUT2D eigenvalue weighted by atomic mass is 79.9. The van der Waals surface area contributed by atoms with E-state index in [2.05, 4.69) is 37.8 Å². The molecule has 2 aliphatic heterocycles. The van der Waals surface area contributed by atoms with E-state index in [1.165, 1.54) is 12.8 Å². The summed E-state index contributed by atoms with van der Waals surface area (Å²) in [5.41, 5.74) is 0.852. The van der Waals surface area contributed by atoms with Crippen LogP contribution < -0.4 is 4.74 Å². The second kappa shape index (κ2) is 4.21. The average Bonchev–Trinajstić information content (AvgIpc) is 2.78. The predicted molar refractivity (Wildman–Crippen MR) is 68.1 cm³/mol. The second-order valence-electron chi connectivity index (χ2n) is 4.94. The van der Waals surface area contributed by atoms with Gasteiger partial charge in [0.2, 0.25) is 5.88 Å². The first-order valence-corrected chi connectivity index (χ1v) is 6.82. The van der Waals surface area contributed by atoms with Crippen molar-refractivity contribution in [3.8, 4) is 5.88 Å². The molecule has 3 heterocycles. The van der Waals surface area contributed by atoms with E-state index in [1.54, 1.807) is 6.20 Å². The van der Waals surface area contributed by atoms with E-state index in [4.69, 9.17) is 4.74 Å². The number of ether oxygens (including phenoxy) is 1. The van der Waals surface area contributed by atoms with Gasteiger partial charge < -0.3 is 4.74 Å². The van der Waals surface area contributed by atoms with Gasteiger partial charge >= 0.3 is 0 Å². The van der Waals surface area contributed by atoms with Crippen LogP contribution >= 0.6 is 15.9 Å². The van der Waals surface area contributed by atoms with Crippen molar-refractivity contribution in [3.63, 3.8) is 0 Å². The van der Waals surface area contributed by atoms with Gasteiger partial charge in [-0.05, 0) is 42.7 Å². The Hall–Kier alpha value is -0.680. The van der Waals surface area contributed by atoms with Crippen LogP contribution in [0, 0.1) is 6.92 Å². The number of hydrogen-bond donors (Lipinski definition) is 0. The Kier molecular flexibility index (Phi) is 2.83. The summed E-state index contributed by atoms with van der Waals surface area (Å²) in [4.78, 5) is 11.1. The molecule has 5 heteroatoms. The van der Waals surface area contributed by atoms with Gasteiger partial charge in [-0.25, -0.2) is 9.97 Å². The lowest BCUT2D eigenvalue weighted by molar-refractivity contribution is 0.144. The molecule has 1 aromatic heterocycles. The van der Waals surface area contributed by atoms with Crippen molar-refractivity contribution in [2.45, 2.75) is 44.4 Å². The van der Waals surface area contributed by atoms with E-state index in [1.807, 2.05) is 6.92 Å². The molecular formula is C12H16BrN3O. The first-order chi connectivity index (χ1) is 8.15. The molecule has 4 nitrogen and oxygen atoms in total. The van der Waals surface area contributed by atoms with Crippen molar-refractivity contribution in [1.29, 1.82) is 0 Å². The lowest BCUT2D eigenvalue weighted by Gasteiger charge is -2.22. The summed E-state index contributed by atoms with van der Waals surface area (Å²) in [6.07, 6.45) is 5.66. The first kappa shape index (κ1) is 11.4. The van der Waals surface area contributed by atoms with Gasteiger partial charge in [-0.2, -0.15) is 0 Å². The topological polar surface area (TPSA) is 38.3 Å². The standard InChI is InChI=1S/C12H16BrN3O/c1-7-12(14-6-11(13)15-7)17-10-5-8-3-4-9(10)16(8)2/h6,8-10H,3-5H2,1-2H3. The van der Waals surface area contributed by atoms with E-state index in [-0.39, 0.29) is 6.10 Å². The molecule has 92 valence electrons. The maximum Gasteiger partial charge on any atom is 0.235 e. The summed E-state index contributed by atoms with van der Waals surface area (Å²) in [7, 11) is 2.20. The van der Waals surface area contributed by atoms with Crippen LogP contribution in [-0.2, 0) is 0 Å². The summed E-state index contributed by atoms with van der Waals surface area (Å²) in [5.74, 6) is 0.680. The molecule has 2 saturated heterocycles. The van der Waals surface area contributed by atoms with Crippen LogP contribution in [0.5, 0.6) is 5.88 Å². The number of halogens is 1. The van der Waals surface area contributed by atoms with Crippen LogP contribution in [0.25, 0.3) is 0 Å². The lowest BCUT2D eigenvalue weighted by Crippen LogP contribution is -2.33. The smallest absolute Gasteiger partial charge is 0.235 e. The van der Waals surface area contributed by atoms with Crippen molar-refractivity contribution in [1.82, 2.24) is 14.9 Å². The zero-order chi connectivity index (χ0) is 12.0. The molecular weight excluding hydrogens is 282 g/mol. The van der Waals surface area contributed by atoms with E-state index in [0.29, 0.717) is 18.0 Å². The van der Waals surface area contributed by atoms with Gasteiger partial charge in [-0.1, -0.05) is 0 Å². The van der Waals surface area contributed by atoms with Crippen molar-refractivity contribution in [2.75, 3.05) is 7.05 Å². The van der Waals surface area contributed by atoms with Crippen LogP contribution in [0.3, 0.4) is 0 Å². The molecule has 0 aliphatic carbocycles. The van der Waals surface area contributed by atoms with E-state index >= 15 is 0 Å². The molecule has 3 rings (SSSR count). The number of rotatable bonds is 2. The van der Waals surface area contributed by atoms with Gasteiger partial charge in [0.1, 0.15) is 16.4 Å². The largest absolute Gasteiger partial charge is 0.471 e. The molecule has 2 aliphatic rings. The van der Waals surface area contributed by atoms with Crippen molar-refractivity contribution in [3.05, 3.63) is 16.5 Å². The third kappa shape index (κ3) is 1.95.